The molecule has 4 rings (SSSR count). The fourth-order valence-electron chi connectivity index (χ4n) is 2.81. The lowest BCUT2D eigenvalue weighted by Gasteiger charge is -2.14. The van der Waals surface area contributed by atoms with Gasteiger partial charge in [0.2, 0.25) is 5.91 Å². The van der Waals surface area contributed by atoms with Gasteiger partial charge in [0, 0.05) is 12.0 Å². The molecule has 10 heteroatoms. The number of nitrogens with one attached hydrogen (secondary N) is 1. The molecule has 0 radical (unpaired) electrons. The van der Waals surface area contributed by atoms with Crippen LogP contribution in [0.2, 0.25) is 0 Å². The summed E-state index contributed by atoms with van der Waals surface area (Å²) in [6.45, 7) is 0.194. The molecule has 2 saturated heterocycles. The molecule has 2 aromatic rings. The largest absolute Gasteiger partial charge is 0.467 e. The quantitative estimate of drug-likeness (QED) is 0.560. The normalized spacial score (nSPS) is 21.9. The molecule has 2 aliphatic heterocycles. The summed E-state index contributed by atoms with van der Waals surface area (Å²) in [5.41, 5.74) is 0.565. The first-order valence-corrected chi connectivity index (χ1v) is 10.6. The molecule has 0 saturated carbocycles. The number of carbonyl (C=O) groups excluding carboxylic acids is 3. The van der Waals surface area contributed by atoms with E-state index >= 15 is 0 Å². The van der Waals surface area contributed by atoms with E-state index in [4.69, 9.17) is 4.42 Å². The van der Waals surface area contributed by atoms with Crippen molar-refractivity contribution in [2.75, 3.05) is 5.75 Å². The fraction of sp³-hybridized carbons (Fsp3) is 0.211. The van der Waals surface area contributed by atoms with Crippen LogP contribution in [0.3, 0.4) is 0 Å². The molecular formula is C19H16N4O4S2. The molecule has 8 nitrogen and oxygen atoms in total. The van der Waals surface area contributed by atoms with Gasteiger partial charge in [0.25, 0.3) is 5.24 Å². The highest BCUT2D eigenvalue weighted by molar-refractivity contribution is 8.15. The first-order valence-electron chi connectivity index (χ1n) is 8.77. The summed E-state index contributed by atoms with van der Waals surface area (Å²) >= 11 is 2.30. The molecule has 2 aliphatic rings. The number of amides is 2. The van der Waals surface area contributed by atoms with Gasteiger partial charge in [-0.25, -0.2) is 0 Å². The zero-order valence-corrected chi connectivity index (χ0v) is 16.7. The van der Waals surface area contributed by atoms with Crippen molar-refractivity contribution in [3.05, 3.63) is 60.1 Å². The van der Waals surface area contributed by atoms with Crippen LogP contribution in [0.1, 0.15) is 22.5 Å². The van der Waals surface area contributed by atoms with Gasteiger partial charge in [0.05, 0.1) is 23.8 Å². The molecule has 148 valence electrons. The van der Waals surface area contributed by atoms with Crippen molar-refractivity contribution in [1.29, 1.82) is 0 Å². The minimum absolute atomic E-state index is 0.0599. The molecule has 2 amide bonds. The molecule has 1 N–H and O–H groups in total. The minimum atomic E-state index is -0.593. The van der Waals surface area contributed by atoms with Gasteiger partial charge < -0.3 is 9.73 Å². The Kier molecular flexibility index (Phi) is 5.81. The molecule has 2 fully saturated rings. The monoisotopic (exact) mass is 428 g/mol. The zero-order chi connectivity index (χ0) is 20.2. The first-order chi connectivity index (χ1) is 14.1. The minimum Gasteiger partial charge on any atom is -0.467 e. The molecule has 1 atom stereocenters. The Bertz CT molecular complexity index is 989. The van der Waals surface area contributed by atoms with Crippen molar-refractivity contribution in [2.45, 2.75) is 18.2 Å². The van der Waals surface area contributed by atoms with E-state index < -0.39 is 5.25 Å². The number of nitrogens with zero attached hydrogens (tertiary/aromatic N) is 3. The van der Waals surface area contributed by atoms with Gasteiger partial charge in [-0.2, -0.15) is 0 Å². The fourth-order valence-corrected chi connectivity index (χ4v) is 4.49. The van der Waals surface area contributed by atoms with Gasteiger partial charge in [-0.1, -0.05) is 53.9 Å². The van der Waals surface area contributed by atoms with Crippen molar-refractivity contribution < 1.29 is 18.8 Å². The summed E-state index contributed by atoms with van der Waals surface area (Å²) < 4.78 is 5.35. The maximum absolute atomic E-state index is 13.0. The van der Waals surface area contributed by atoms with E-state index in [1.807, 2.05) is 6.07 Å². The van der Waals surface area contributed by atoms with E-state index in [2.05, 4.69) is 15.5 Å². The average Bonchev–Trinajstić information content (AvgIpc) is 3.45. The smallest absolute Gasteiger partial charge is 0.284 e. The van der Waals surface area contributed by atoms with E-state index in [-0.39, 0.29) is 29.9 Å². The summed E-state index contributed by atoms with van der Waals surface area (Å²) in [6, 6.07) is 12.4. The van der Waals surface area contributed by atoms with Gasteiger partial charge in [-0.05, 0) is 12.1 Å². The van der Waals surface area contributed by atoms with Crippen LogP contribution in [-0.4, -0.2) is 43.8 Å². The number of hydrogen-bond acceptors (Lipinski definition) is 8. The van der Waals surface area contributed by atoms with Gasteiger partial charge >= 0.3 is 0 Å². The number of Topliss-reactive ketones (excluding diaryl/α,β-unsaturated/α-hetero) is 1. The maximum Gasteiger partial charge on any atom is 0.284 e. The number of thioether (sulfide) groups is 2. The lowest BCUT2D eigenvalue weighted by atomic mass is 10.1. The molecule has 0 spiro atoms. The van der Waals surface area contributed by atoms with Crippen molar-refractivity contribution in [2.24, 2.45) is 10.2 Å². The summed E-state index contributed by atoms with van der Waals surface area (Å²) in [7, 11) is 0. The third kappa shape index (κ3) is 4.60. The van der Waals surface area contributed by atoms with Crippen molar-refractivity contribution >= 4 is 51.5 Å². The number of amidine groups is 2. The van der Waals surface area contributed by atoms with Crippen LogP contribution in [0.5, 0.6) is 0 Å². The van der Waals surface area contributed by atoms with Crippen molar-refractivity contribution in [3.63, 3.8) is 0 Å². The Morgan fingerprint density at radius 1 is 1.17 bits per heavy atom. The number of hydrogen-bond donors (Lipinski definition) is 1. The lowest BCUT2D eigenvalue weighted by molar-refractivity contribution is -0.126. The molecule has 3 heterocycles. The predicted octanol–water partition coefficient (Wildman–Crippen LogP) is 3.12. The van der Waals surface area contributed by atoms with Crippen LogP contribution in [0.25, 0.3) is 0 Å². The van der Waals surface area contributed by atoms with E-state index in [9.17, 15) is 14.4 Å². The molecule has 29 heavy (non-hydrogen) atoms. The Morgan fingerprint density at radius 3 is 2.69 bits per heavy atom. The van der Waals surface area contributed by atoms with Crippen LogP contribution in [0.4, 0.5) is 4.79 Å². The van der Waals surface area contributed by atoms with Crippen LogP contribution in [-0.2, 0) is 11.3 Å². The second-order valence-corrected chi connectivity index (χ2v) is 8.35. The van der Waals surface area contributed by atoms with Crippen LogP contribution < -0.4 is 5.32 Å². The van der Waals surface area contributed by atoms with E-state index in [0.29, 0.717) is 28.1 Å². The third-order valence-corrected chi connectivity index (χ3v) is 6.17. The van der Waals surface area contributed by atoms with Gasteiger partial charge in [-0.3, -0.25) is 19.3 Å². The van der Waals surface area contributed by atoms with Crippen LogP contribution in [0.15, 0.2) is 63.3 Å². The molecule has 1 aromatic heterocycles. The highest BCUT2D eigenvalue weighted by Crippen LogP contribution is 2.32. The molecule has 1 aromatic carbocycles. The number of rotatable bonds is 6. The number of ketones is 1. The number of carbonyl (C=O) groups is 3. The van der Waals surface area contributed by atoms with Gasteiger partial charge in [0.15, 0.2) is 11.0 Å². The topological polar surface area (TPSA) is 104 Å². The predicted molar refractivity (Wildman–Crippen MR) is 112 cm³/mol. The van der Waals surface area contributed by atoms with Crippen LogP contribution >= 0.6 is 23.5 Å². The third-order valence-electron chi connectivity index (χ3n) is 4.22. The summed E-state index contributed by atoms with van der Waals surface area (Å²) in [4.78, 5) is 38.3. The Morgan fingerprint density at radius 2 is 2.00 bits per heavy atom. The molecule has 0 aliphatic carbocycles. The Hall–Kier alpha value is -2.85. The van der Waals surface area contributed by atoms with Crippen molar-refractivity contribution in [3.8, 4) is 0 Å². The standard InChI is InChI=1S/C19H16N4O4S2/c24-14(12-5-2-1-3-6-12)9-15-17(25)23(10-13-7-4-8-27-13)18(29-15)22-21-16-11-28-19(26)20-16/h1-8,15H,9-11H2,(H,20,21,26)/b22-18-. The van der Waals surface area contributed by atoms with E-state index in [0.717, 1.165) is 11.8 Å². The van der Waals surface area contributed by atoms with Crippen LogP contribution in [0, 0.1) is 0 Å². The summed E-state index contributed by atoms with van der Waals surface area (Å²) in [6.07, 6.45) is 1.59. The van der Waals surface area contributed by atoms with Gasteiger partial charge in [0.1, 0.15) is 11.6 Å². The number of furan rings is 1. The van der Waals surface area contributed by atoms with E-state index in [1.54, 1.807) is 36.4 Å². The summed E-state index contributed by atoms with van der Waals surface area (Å²) in [5, 5.41) is 10.4. The van der Waals surface area contributed by atoms with Crippen molar-refractivity contribution in [1.82, 2.24) is 10.2 Å². The summed E-state index contributed by atoms with van der Waals surface area (Å²) in [5.74, 6) is 1.10. The first kappa shape index (κ1) is 19.5. The molecular weight excluding hydrogens is 412 g/mol. The molecule has 0 bridgehead atoms. The molecule has 1 unspecified atom stereocenters. The second kappa shape index (κ2) is 8.66. The van der Waals surface area contributed by atoms with E-state index in [1.165, 1.54) is 22.9 Å². The lowest BCUT2D eigenvalue weighted by Crippen LogP contribution is -2.32. The Labute approximate surface area is 174 Å². The Balaban J connectivity index is 1.54. The average molecular weight is 428 g/mol. The highest BCUT2D eigenvalue weighted by atomic mass is 32.2. The SMILES string of the molecule is O=C1N/C(=N\N=C2/SC(CC(=O)c3ccccc3)C(=O)N2Cc2ccco2)CS1. The highest BCUT2D eigenvalue weighted by Gasteiger charge is 2.40. The van der Waals surface area contributed by atoms with Gasteiger partial charge in [-0.15, -0.1) is 10.2 Å². The number of benzene rings is 1. The second-order valence-electron chi connectivity index (χ2n) is 6.23. The maximum atomic E-state index is 13.0. The zero-order valence-electron chi connectivity index (χ0n) is 15.1.